The van der Waals surface area contributed by atoms with Crippen molar-refractivity contribution in [3.05, 3.63) is 52.9 Å². The number of likely N-dealkylation sites (N-methyl/N-ethyl adjacent to an activating group) is 1. The van der Waals surface area contributed by atoms with Crippen molar-refractivity contribution in [3.8, 4) is 0 Å². The summed E-state index contributed by atoms with van der Waals surface area (Å²) in [6, 6.07) is 6.18. The third-order valence-corrected chi connectivity index (χ3v) is 13.4. The number of allylic oxidation sites excluding steroid dienone is 4. The van der Waals surface area contributed by atoms with E-state index in [1.165, 1.54) is 50.2 Å². The van der Waals surface area contributed by atoms with Gasteiger partial charge < -0.3 is 19.1 Å². The number of nitrogens with one attached hydrogen (secondary N) is 1. The number of amides is 2. The zero-order chi connectivity index (χ0) is 32.1. The number of ether oxygens (including phenoxy) is 1. The molecule has 11 heteroatoms. The molecule has 3 unspecified atom stereocenters. The predicted molar refractivity (Wildman–Crippen MR) is 176 cm³/mol. The van der Waals surface area contributed by atoms with Gasteiger partial charge in [-0.2, -0.15) is 12.7 Å². The number of aromatic nitrogens is 1. The van der Waals surface area contributed by atoms with Crippen LogP contribution in [-0.2, 0) is 26.3 Å². The Bertz CT molecular complexity index is 1790. The van der Waals surface area contributed by atoms with Gasteiger partial charge in [-0.15, -0.1) is 0 Å². The number of hydrogen-bond donors (Lipinski definition) is 1. The highest BCUT2D eigenvalue weighted by Crippen LogP contribution is 2.66. The summed E-state index contributed by atoms with van der Waals surface area (Å²) in [6.45, 7) is 2.41. The Balaban J connectivity index is 1.30. The van der Waals surface area contributed by atoms with Crippen LogP contribution in [0, 0.1) is 17.3 Å². The van der Waals surface area contributed by atoms with E-state index >= 15 is 0 Å². The van der Waals surface area contributed by atoms with Crippen molar-refractivity contribution in [2.75, 3.05) is 41.3 Å². The monoisotopic (exact) mass is 647 g/mol. The fourth-order valence-corrected chi connectivity index (χ4v) is 10.1. The molecule has 2 bridgehead atoms. The highest BCUT2D eigenvalue weighted by molar-refractivity contribution is 7.87. The number of methoxy groups -OCH3 is 1. The van der Waals surface area contributed by atoms with Crippen molar-refractivity contribution < 1.29 is 22.7 Å². The van der Waals surface area contributed by atoms with E-state index in [1.54, 1.807) is 13.2 Å². The molecule has 246 valence electrons. The van der Waals surface area contributed by atoms with E-state index in [9.17, 15) is 18.0 Å². The number of likely N-dealkylation sites (tertiary alicyclic amines) is 2. The maximum Gasteiger partial charge on any atom is 0.303 e. The van der Waals surface area contributed by atoms with Crippen LogP contribution >= 0.6 is 0 Å². The molecular formula is C35H45N5O5S. The van der Waals surface area contributed by atoms with E-state index in [1.807, 2.05) is 12.1 Å². The molecule has 3 aliphatic heterocycles. The van der Waals surface area contributed by atoms with Gasteiger partial charge in [-0.1, -0.05) is 31.4 Å². The number of hydrogen-bond acceptors (Lipinski definition) is 6. The van der Waals surface area contributed by atoms with Gasteiger partial charge in [-0.25, -0.2) is 4.72 Å². The van der Waals surface area contributed by atoms with E-state index in [0.29, 0.717) is 23.9 Å². The molecule has 2 saturated carbocycles. The minimum absolute atomic E-state index is 0.175. The number of piperazine rings is 1. The Kier molecular flexibility index (Phi) is 7.01. The molecule has 0 spiro atoms. The van der Waals surface area contributed by atoms with Crippen molar-refractivity contribution >= 4 is 38.5 Å². The highest BCUT2D eigenvalue weighted by Gasteiger charge is 2.68. The second-order valence-electron chi connectivity index (χ2n) is 14.8. The summed E-state index contributed by atoms with van der Waals surface area (Å²) in [5.41, 5.74) is 4.51. The van der Waals surface area contributed by atoms with Crippen molar-refractivity contribution in [3.63, 3.8) is 0 Å². The quantitative estimate of drug-likeness (QED) is 0.507. The van der Waals surface area contributed by atoms with Crippen molar-refractivity contribution in [2.45, 2.75) is 75.9 Å². The number of fused-ring (bicyclic) bond motifs is 9. The molecule has 2 amide bonds. The average Bonchev–Trinajstić information content (AvgIpc) is 3.71. The Morgan fingerprint density at radius 2 is 1.80 bits per heavy atom. The van der Waals surface area contributed by atoms with E-state index in [-0.39, 0.29) is 23.9 Å². The minimum atomic E-state index is -3.95. The van der Waals surface area contributed by atoms with Gasteiger partial charge in [-0.3, -0.25) is 9.59 Å². The number of carbonyl (C=O) groups excluding carboxylic acids is 2. The summed E-state index contributed by atoms with van der Waals surface area (Å²) < 4.78 is 36.5. The van der Waals surface area contributed by atoms with Crippen molar-refractivity contribution in [1.82, 2.24) is 23.4 Å². The number of rotatable bonds is 6. The fraction of sp³-hybridized carbons (Fsp3) is 0.600. The smallest absolute Gasteiger partial charge is 0.303 e. The first-order valence-electron chi connectivity index (χ1n) is 16.9. The zero-order valence-electron chi connectivity index (χ0n) is 27.3. The molecule has 4 fully saturated rings. The normalized spacial score (nSPS) is 30.8. The molecule has 10 nitrogen and oxygen atoms in total. The second-order valence-corrected chi connectivity index (χ2v) is 16.7. The lowest BCUT2D eigenvalue weighted by Crippen LogP contribution is -2.70. The molecule has 2 aromatic rings. The van der Waals surface area contributed by atoms with Crippen LogP contribution in [0.15, 0.2) is 36.1 Å². The largest absolute Gasteiger partial charge is 0.501 e. The van der Waals surface area contributed by atoms with E-state index in [0.717, 1.165) is 66.2 Å². The lowest BCUT2D eigenvalue weighted by molar-refractivity contribution is -0.160. The van der Waals surface area contributed by atoms with Crippen LogP contribution in [0.4, 0.5) is 0 Å². The second kappa shape index (κ2) is 10.7. The van der Waals surface area contributed by atoms with Gasteiger partial charge in [0.25, 0.3) is 5.91 Å². The zero-order valence-corrected chi connectivity index (χ0v) is 28.1. The summed E-state index contributed by atoms with van der Waals surface area (Å²) in [5, 5.41) is 1.11. The SMILES string of the molecule is COC1=CC=C2c3c(C4CCCCC4)c4ccc(C(=O)NS(=O)(=O)N(C)C)cc4n3CC3(C(=O)N4[C@@H]5C[C@H]4CN(C)C5)CC3C2C1. The molecule has 0 radical (unpaired) electrons. The molecular weight excluding hydrogens is 602 g/mol. The Morgan fingerprint density at radius 1 is 1.07 bits per heavy atom. The summed E-state index contributed by atoms with van der Waals surface area (Å²) in [5.74, 6) is 1.37. The minimum Gasteiger partial charge on any atom is -0.501 e. The van der Waals surface area contributed by atoms with Crippen molar-refractivity contribution in [1.29, 1.82) is 0 Å². The molecule has 1 aromatic heterocycles. The van der Waals surface area contributed by atoms with Gasteiger partial charge in [0.1, 0.15) is 0 Å². The van der Waals surface area contributed by atoms with Crippen LogP contribution in [0.1, 0.15) is 78.9 Å². The first-order valence-corrected chi connectivity index (χ1v) is 18.3. The van der Waals surface area contributed by atoms with Crippen LogP contribution in [0.5, 0.6) is 0 Å². The van der Waals surface area contributed by atoms with Gasteiger partial charge in [-0.05, 0) is 79.8 Å². The van der Waals surface area contributed by atoms with Gasteiger partial charge in [0.15, 0.2) is 0 Å². The van der Waals surface area contributed by atoms with Crippen LogP contribution < -0.4 is 4.72 Å². The third-order valence-electron chi connectivity index (χ3n) is 12.0. The Hall–Kier alpha value is -3.15. The van der Waals surface area contributed by atoms with Crippen LogP contribution in [0.3, 0.4) is 0 Å². The average molecular weight is 648 g/mol. The van der Waals surface area contributed by atoms with Gasteiger partial charge >= 0.3 is 10.2 Å². The first kappa shape index (κ1) is 30.2. The molecule has 8 rings (SSSR count). The summed E-state index contributed by atoms with van der Waals surface area (Å²) in [4.78, 5) is 32.7. The molecule has 5 atom stereocenters. The molecule has 6 aliphatic rings. The number of piperidine rings is 1. The summed E-state index contributed by atoms with van der Waals surface area (Å²) >= 11 is 0. The van der Waals surface area contributed by atoms with E-state index in [4.69, 9.17) is 4.74 Å². The Morgan fingerprint density at radius 3 is 2.50 bits per heavy atom. The molecule has 2 saturated heterocycles. The first-order chi connectivity index (χ1) is 22.0. The maximum absolute atomic E-state index is 14.8. The van der Waals surface area contributed by atoms with Crippen molar-refractivity contribution in [2.24, 2.45) is 17.3 Å². The van der Waals surface area contributed by atoms with Gasteiger partial charge in [0.2, 0.25) is 5.91 Å². The molecule has 1 N–H and O–H groups in total. The summed E-state index contributed by atoms with van der Waals surface area (Å²) in [7, 11) is 2.72. The van der Waals surface area contributed by atoms with Crippen LogP contribution in [0.25, 0.3) is 16.5 Å². The lowest BCUT2D eigenvalue weighted by Gasteiger charge is -2.56. The number of carbonyl (C=O) groups is 2. The van der Waals surface area contributed by atoms with E-state index < -0.39 is 21.5 Å². The standard InChI is InChI=1S/C35H45N5O5S/c1-37(2)46(43,44)36-33(41)22-10-12-27-30(14-22)39-20-35(34(42)40-23-15-24(40)19-38(3)18-23)17-29(35)28-16-25(45-4)11-13-26(28)32(39)31(27)21-8-6-5-7-9-21/h10-14,21,23-24,28-29H,5-9,15-20H2,1-4H3,(H,36,41)/t23-,24+,28?,29?,35?. The maximum atomic E-state index is 14.8. The predicted octanol–water partition coefficient (Wildman–Crippen LogP) is 4.09. The topological polar surface area (TPSA) is 104 Å². The molecule has 1 aromatic carbocycles. The van der Waals surface area contributed by atoms with Gasteiger partial charge in [0.05, 0.1) is 18.3 Å². The molecule has 46 heavy (non-hydrogen) atoms. The van der Waals surface area contributed by atoms with E-state index in [2.05, 4.69) is 38.3 Å². The van der Waals surface area contributed by atoms with Crippen LogP contribution in [0.2, 0.25) is 0 Å². The van der Waals surface area contributed by atoms with Crippen LogP contribution in [-0.4, -0.2) is 92.3 Å². The fourth-order valence-electron chi connectivity index (χ4n) is 9.58. The summed E-state index contributed by atoms with van der Waals surface area (Å²) in [6.07, 6.45) is 12.9. The highest BCUT2D eigenvalue weighted by atomic mass is 32.2. The lowest BCUT2D eigenvalue weighted by atomic mass is 9.77. The number of benzene rings is 1. The Labute approximate surface area is 271 Å². The molecule has 3 aliphatic carbocycles. The third kappa shape index (κ3) is 4.52. The van der Waals surface area contributed by atoms with Gasteiger partial charge in [0, 0.05) is 74.4 Å². The number of nitrogens with zero attached hydrogens (tertiary/aromatic N) is 4. The molecule has 4 heterocycles.